The number of hydrazine groups is 2. The highest BCUT2D eigenvalue weighted by molar-refractivity contribution is 5.73. The van der Waals surface area contributed by atoms with Crippen LogP contribution in [0.5, 0.6) is 0 Å². The van der Waals surface area contributed by atoms with Crippen LogP contribution in [0.2, 0.25) is 0 Å². The zero-order chi connectivity index (χ0) is 9.97. The van der Waals surface area contributed by atoms with Crippen LogP contribution in [0.4, 0.5) is 9.18 Å². The van der Waals surface area contributed by atoms with Crippen molar-refractivity contribution in [2.75, 3.05) is 0 Å². The maximum Gasteiger partial charge on any atom is 0.369 e. The molecular weight excluding hydrogens is 187 g/mol. The van der Waals surface area contributed by atoms with Crippen molar-refractivity contribution in [2.45, 2.75) is 6.54 Å². The second kappa shape index (κ2) is 3.60. The quantitative estimate of drug-likeness (QED) is 0.713. The van der Waals surface area contributed by atoms with Gasteiger partial charge >= 0.3 is 6.03 Å². The van der Waals surface area contributed by atoms with E-state index < -0.39 is 6.03 Å². The SMILES string of the molecule is O=C1[N]NN(Cc2ccc(F)cc2)N1. The van der Waals surface area contributed by atoms with Gasteiger partial charge in [0.2, 0.25) is 0 Å². The second-order valence-corrected chi connectivity index (χ2v) is 2.84. The van der Waals surface area contributed by atoms with E-state index in [9.17, 15) is 9.18 Å². The molecule has 0 bridgehead atoms. The van der Waals surface area contributed by atoms with Gasteiger partial charge in [-0.15, -0.1) is 16.1 Å². The van der Waals surface area contributed by atoms with Gasteiger partial charge in [0.05, 0.1) is 6.54 Å². The van der Waals surface area contributed by atoms with Crippen molar-refractivity contribution in [3.63, 3.8) is 0 Å². The van der Waals surface area contributed by atoms with Crippen molar-refractivity contribution in [2.24, 2.45) is 0 Å². The number of carbonyl (C=O) groups excluding carboxylic acids is 1. The van der Waals surface area contributed by atoms with Crippen LogP contribution in [-0.4, -0.2) is 11.1 Å². The molecule has 0 spiro atoms. The zero-order valence-corrected chi connectivity index (χ0v) is 7.20. The number of carbonyl (C=O) groups is 1. The summed E-state index contributed by atoms with van der Waals surface area (Å²) in [7, 11) is 0. The molecule has 1 aromatic rings. The standard InChI is InChI=1S/C8H8FN4O/c9-7-3-1-6(2-4-7)5-13-11-8(14)10-12-13/h1-4,12H,5H2,(H,11,14). The molecule has 1 saturated heterocycles. The summed E-state index contributed by atoms with van der Waals surface area (Å²) in [5.74, 6) is -0.281. The third-order valence-corrected chi connectivity index (χ3v) is 1.76. The van der Waals surface area contributed by atoms with Gasteiger partial charge in [-0.2, -0.15) is 0 Å². The highest BCUT2D eigenvalue weighted by Gasteiger charge is 2.18. The molecule has 6 heteroatoms. The second-order valence-electron chi connectivity index (χ2n) is 2.84. The van der Waals surface area contributed by atoms with Crippen LogP contribution < -0.4 is 16.4 Å². The minimum absolute atomic E-state index is 0.281. The topological polar surface area (TPSA) is 58.5 Å². The van der Waals surface area contributed by atoms with Crippen molar-refractivity contribution in [3.8, 4) is 0 Å². The van der Waals surface area contributed by atoms with E-state index in [-0.39, 0.29) is 5.82 Å². The predicted molar refractivity (Wildman–Crippen MR) is 45.7 cm³/mol. The number of rotatable bonds is 2. The fourth-order valence-corrected chi connectivity index (χ4v) is 1.12. The Morgan fingerprint density at radius 2 is 2.07 bits per heavy atom. The highest BCUT2D eigenvalue weighted by atomic mass is 19.1. The Labute approximate surface area is 79.8 Å². The predicted octanol–water partition coefficient (Wildman–Crippen LogP) is 0.290. The van der Waals surface area contributed by atoms with E-state index in [1.807, 2.05) is 0 Å². The lowest BCUT2D eigenvalue weighted by Gasteiger charge is -2.11. The first kappa shape index (κ1) is 8.92. The van der Waals surface area contributed by atoms with Crippen molar-refractivity contribution in [1.29, 1.82) is 0 Å². The van der Waals surface area contributed by atoms with Gasteiger partial charge in [-0.3, -0.25) is 5.43 Å². The summed E-state index contributed by atoms with van der Waals surface area (Å²) in [6, 6.07) is 5.57. The Hall–Kier alpha value is -1.66. The molecule has 1 heterocycles. The molecule has 1 fully saturated rings. The number of hydrogen-bond acceptors (Lipinski definition) is 3. The lowest BCUT2D eigenvalue weighted by molar-refractivity contribution is 0.159. The van der Waals surface area contributed by atoms with E-state index >= 15 is 0 Å². The fraction of sp³-hybridized carbons (Fsp3) is 0.125. The van der Waals surface area contributed by atoms with Gasteiger partial charge in [-0.1, -0.05) is 12.1 Å². The maximum absolute atomic E-state index is 12.5. The van der Waals surface area contributed by atoms with Crippen LogP contribution in [0.3, 0.4) is 0 Å². The van der Waals surface area contributed by atoms with Crippen LogP contribution in [0.15, 0.2) is 24.3 Å². The first-order valence-electron chi connectivity index (χ1n) is 4.03. The molecule has 0 unspecified atom stereocenters. The third-order valence-electron chi connectivity index (χ3n) is 1.76. The lowest BCUT2D eigenvalue weighted by Crippen LogP contribution is -2.38. The van der Waals surface area contributed by atoms with Gasteiger partial charge in [-0.25, -0.2) is 9.18 Å². The molecule has 1 aliphatic rings. The Kier molecular flexibility index (Phi) is 2.30. The molecule has 1 aromatic carbocycles. The summed E-state index contributed by atoms with van der Waals surface area (Å²) in [5.41, 5.74) is 9.17. The highest BCUT2D eigenvalue weighted by Crippen LogP contribution is 2.04. The molecule has 73 valence electrons. The van der Waals surface area contributed by atoms with Crippen LogP contribution >= 0.6 is 0 Å². The Morgan fingerprint density at radius 1 is 1.36 bits per heavy atom. The van der Waals surface area contributed by atoms with Gasteiger partial charge in [0.1, 0.15) is 5.82 Å². The van der Waals surface area contributed by atoms with Gasteiger partial charge in [0, 0.05) is 0 Å². The molecule has 2 amide bonds. The minimum Gasteiger partial charge on any atom is -0.252 e. The largest absolute Gasteiger partial charge is 0.369 e. The third kappa shape index (κ3) is 1.98. The Balaban J connectivity index is 1.97. The molecule has 2 rings (SSSR count). The molecule has 14 heavy (non-hydrogen) atoms. The van der Waals surface area contributed by atoms with E-state index in [1.54, 1.807) is 12.1 Å². The number of nitrogens with zero attached hydrogens (tertiary/aromatic N) is 2. The smallest absolute Gasteiger partial charge is 0.252 e. The van der Waals surface area contributed by atoms with E-state index in [1.165, 1.54) is 17.3 Å². The van der Waals surface area contributed by atoms with Crippen LogP contribution in [-0.2, 0) is 6.54 Å². The number of hydrogen-bond donors (Lipinski definition) is 2. The average Bonchev–Trinajstić information content (AvgIpc) is 2.56. The Morgan fingerprint density at radius 3 is 2.64 bits per heavy atom. The molecular formula is C8H8FN4O. The van der Waals surface area contributed by atoms with Gasteiger partial charge in [0.25, 0.3) is 0 Å². The van der Waals surface area contributed by atoms with Crippen LogP contribution in [0.1, 0.15) is 5.56 Å². The first-order valence-corrected chi connectivity index (χ1v) is 4.03. The van der Waals surface area contributed by atoms with E-state index in [0.29, 0.717) is 6.54 Å². The molecule has 2 N–H and O–H groups in total. The van der Waals surface area contributed by atoms with Gasteiger partial charge in [-0.05, 0) is 17.7 Å². The summed E-state index contributed by atoms with van der Waals surface area (Å²) in [5, 5.41) is 1.41. The summed E-state index contributed by atoms with van der Waals surface area (Å²) < 4.78 is 12.5. The molecule has 0 saturated carbocycles. The van der Waals surface area contributed by atoms with Gasteiger partial charge in [0.15, 0.2) is 0 Å². The molecule has 0 aliphatic carbocycles. The summed E-state index contributed by atoms with van der Waals surface area (Å²) in [4.78, 5) is 10.7. The number of halogens is 1. The van der Waals surface area contributed by atoms with Crippen molar-refractivity contribution in [3.05, 3.63) is 35.6 Å². The number of urea groups is 1. The molecule has 0 aromatic heterocycles. The Bertz CT molecular complexity index is 340. The molecule has 0 atom stereocenters. The number of nitrogens with one attached hydrogen (secondary N) is 2. The lowest BCUT2D eigenvalue weighted by atomic mass is 10.2. The summed E-state index contributed by atoms with van der Waals surface area (Å²) in [6.07, 6.45) is 0. The minimum atomic E-state index is -0.438. The van der Waals surface area contributed by atoms with Crippen molar-refractivity contribution < 1.29 is 9.18 Å². The number of benzene rings is 1. The van der Waals surface area contributed by atoms with E-state index in [2.05, 4.69) is 16.4 Å². The molecule has 1 radical (unpaired) electrons. The van der Waals surface area contributed by atoms with Gasteiger partial charge < -0.3 is 0 Å². The average molecular weight is 195 g/mol. The summed E-state index contributed by atoms with van der Waals surface area (Å²) in [6.45, 7) is 0.426. The first-order chi connectivity index (χ1) is 6.74. The normalized spacial score (nSPS) is 16.5. The molecule has 1 aliphatic heterocycles. The van der Waals surface area contributed by atoms with Crippen molar-refractivity contribution >= 4 is 6.03 Å². The molecule has 5 nitrogen and oxygen atoms in total. The van der Waals surface area contributed by atoms with Crippen molar-refractivity contribution in [1.82, 2.24) is 21.5 Å². The summed E-state index contributed by atoms with van der Waals surface area (Å²) >= 11 is 0. The fourth-order valence-electron chi connectivity index (χ4n) is 1.12. The van der Waals surface area contributed by atoms with E-state index in [4.69, 9.17) is 0 Å². The van der Waals surface area contributed by atoms with E-state index in [0.717, 1.165) is 5.56 Å². The number of amides is 2. The van der Waals surface area contributed by atoms with Crippen LogP contribution in [0.25, 0.3) is 0 Å². The van der Waals surface area contributed by atoms with Crippen LogP contribution in [0, 0.1) is 5.82 Å². The monoisotopic (exact) mass is 195 g/mol. The maximum atomic E-state index is 12.5. The zero-order valence-electron chi connectivity index (χ0n) is 7.20.